The lowest BCUT2D eigenvalue weighted by molar-refractivity contribution is 0.670. The third-order valence-corrected chi connectivity index (χ3v) is 10.4. The maximum Gasteiger partial charge on any atom is 0.164 e. The summed E-state index contributed by atoms with van der Waals surface area (Å²) in [7, 11) is 0. The van der Waals surface area contributed by atoms with Crippen molar-refractivity contribution in [3.63, 3.8) is 0 Å². The second kappa shape index (κ2) is 12.1. The lowest BCUT2D eigenvalue weighted by Crippen LogP contribution is -2.00. The van der Waals surface area contributed by atoms with Gasteiger partial charge in [0.25, 0.3) is 0 Å². The molecule has 0 fully saturated rings. The third kappa shape index (κ3) is 4.76. The van der Waals surface area contributed by atoms with E-state index in [0.29, 0.717) is 17.5 Å². The monoisotopic (exact) mass is 690 g/mol. The third-order valence-electron chi connectivity index (χ3n) is 10.4. The normalized spacial score (nSPS) is 11.7. The molecule has 0 aliphatic carbocycles. The Kier molecular flexibility index (Phi) is 6.79. The first kappa shape index (κ1) is 30.3. The minimum absolute atomic E-state index is 0.597. The van der Waals surface area contributed by atoms with Crippen molar-refractivity contribution in [2.75, 3.05) is 0 Å². The largest absolute Gasteiger partial charge is 0.455 e. The average Bonchev–Trinajstić information content (AvgIpc) is 3.78. The van der Waals surface area contributed by atoms with Gasteiger partial charge in [0, 0.05) is 49.5 Å². The van der Waals surface area contributed by atoms with Crippen molar-refractivity contribution in [1.82, 2.24) is 19.5 Å². The van der Waals surface area contributed by atoms with E-state index >= 15 is 0 Å². The van der Waals surface area contributed by atoms with Crippen LogP contribution in [-0.4, -0.2) is 19.5 Å². The van der Waals surface area contributed by atoms with Crippen molar-refractivity contribution in [2.45, 2.75) is 0 Å². The van der Waals surface area contributed by atoms with Crippen LogP contribution in [0.2, 0.25) is 0 Å². The summed E-state index contributed by atoms with van der Waals surface area (Å²) in [6, 6.07) is 63.2. The van der Waals surface area contributed by atoms with Crippen LogP contribution in [0.15, 0.2) is 186 Å². The SMILES string of the molecule is c1ccc(-c2nc(-c3ccccc3)nc(-c3cccc4oc5c(-c6ccc7c8ccccc8n(-c8ccccc8)c7c6)c6ccccc6cc5c34)n2)cc1. The van der Waals surface area contributed by atoms with Crippen molar-refractivity contribution in [3.8, 4) is 51.0 Å². The highest BCUT2D eigenvalue weighted by Crippen LogP contribution is 2.45. The molecule has 252 valence electrons. The van der Waals surface area contributed by atoms with Crippen molar-refractivity contribution >= 4 is 54.5 Å². The molecule has 0 spiro atoms. The van der Waals surface area contributed by atoms with E-state index in [-0.39, 0.29) is 0 Å². The molecule has 0 N–H and O–H groups in total. The highest BCUT2D eigenvalue weighted by molar-refractivity contribution is 6.22. The first-order valence-corrected chi connectivity index (χ1v) is 18.1. The number of aromatic nitrogens is 4. The summed E-state index contributed by atoms with van der Waals surface area (Å²) in [5.41, 5.74) is 9.95. The number of rotatable bonds is 5. The van der Waals surface area contributed by atoms with Gasteiger partial charge in [-0.2, -0.15) is 0 Å². The summed E-state index contributed by atoms with van der Waals surface area (Å²) >= 11 is 0. The van der Waals surface area contributed by atoms with E-state index in [1.807, 2.05) is 72.8 Å². The summed E-state index contributed by atoms with van der Waals surface area (Å²) in [6.07, 6.45) is 0. The Hall–Kier alpha value is -7.37. The zero-order chi connectivity index (χ0) is 35.6. The van der Waals surface area contributed by atoms with Crippen LogP contribution >= 0.6 is 0 Å². The molecule has 3 heterocycles. The van der Waals surface area contributed by atoms with Gasteiger partial charge in [-0.1, -0.05) is 146 Å². The molecule has 0 aliphatic heterocycles. The smallest absolute Gasteiger partial charge is 0.164 e. The maximum absolute atomic E-state index is 6.95. The standard InChI is InChI=1S/C49H30N4O/c1-4-15-31(16-5-1)47-50-48(32-17-6-2-7-18-32)52-49(51-47)39-24-14-26-43-45(39)40-29-33-19-10-11-22-36(33)44(46(40)54-43)34-27-28-38-37-23-12-13-25-41(37)53(42(38)30-34)35-20-8-3-9-21-35/h1-30H. The molecule has 11 aromatic rings. The van der Waals surface area contributed by atoms with Gasteiger partial charge in [0.15, 0.2) is 17.5 Å². The first-order chi connectivity index (χ1) is 26.8. The lowest BCUT2D eigenvalue weighted by Gasteiger charge is -2.11. The number of benzene rings is 8. The fourth-order valence-corrected chi connectivity index (χ4v) is 8.01. The van der Waals surface area contributed by atoms with Gasteiger partial charge in [-0.15, -0.1) is 0 Å². The molecular formula is C49H30N4O. The molecule has 0 saturated heterocycles. The van der Waals surface area contributed by atoms with Crippen LogP contribution in [0.4, 0.5) is 0 Å². The van der Waals surface area contributed by atoms with Crippen LogP contribution in [0.25, 0.3) is 105 Å². The molecule has 0 saturated carbocycles. The molecule has 0 bridgehead atoms. The summed E-state index contributed by atoms with van der Waals surface area (Å²) in [5.74, 6) is 1.84. The van der Waals surface area contributed by atoms with Gasteiger partial charge in [0.2, 0.25) is 0 Å². The zero-order valence-electron chi connectivity index (χ0n) is 29.0. The van der Waals surface area contributed by atoms with Crippen molar-refractivity contribution in [1.29, 1.82) is 0 Å². The summed E-state index contributed by atoms with van der Waals surface area (Å²) in [5, 5.41) is 6.68. The van der Waals surface area contributed by atoms with E-state index < -0.39 is 0 Å². The Labute approximate surface area is 310 Å². The van der Waals surface area contributed by atoms with Crippen molar-refractivity contribution < 1.29 is 4.42 Å². The van der Waals surface area contributed by atoms with E-state index in [2.05, 4.69) is 114 Å². The maximum atomic E-state index is 6.95. The molecule has 0 aliphatic rings. The minimum Gasteiger partial charge on any atom is -0.455 e. The Morgan fingerprint density at radius 1 is 0.407 bits per heavy atom. The van der Waals surface area contributed by atoms with Crippen LogP contribution in [0.3, 0.4) is 0 Å². The summed E-state index contributed by atoms with van der Waals surface area (Å²) in [6.45, 7) is 0. The lowest BCUT2D eigenvalue weighted by atomic mass is 9.93. The van der Waals surface area contributed by atoms with Crippen LogP contribution in [0, 0.1) is 0 Å². The van der Waals surface area contributed by atoms with Gasteiger partial charge < -0.3 is 8.98 Å². The molecule has 0 radical (unpaired) electrons. The molecule has 11 rings (SSSR count). The Balaban J connectivity index is 1.20. The number of hydrogen-bond acceptors (Lipinski definition) is 4. The average molecular weight is 691 g/mol. The first-order valence-electron chi connectivity index (χ1n) is 18.1. The summed E-state index contributed by atoms with van der Waals surface area (Å²) < 4.78 is 9.31. The molecule has 5 nitrogen and oxygen atoms in total. The zero-order valence-corrected chi connectivity index (χ0v) is 29.0. The van der Waals surface area contributed by atoms with Gasteiger partial charge in [-0.25, -0.2) is 15.0 Å². The fraction of sp³-hybridized carbons (Fsp3) is 0. The highest BCUT2D eigenvalue weighted by atomic mass is 16.3. The Morgan fingerprint density at radius 2 is 1.02 bits per heavy atom. The predicted molar refractivity (Wildman–Crippen MR) is 221 cm³/mol. The van der Waals surface area contributed by atoms with E-state index in [4.69, 9.17) is 19.4 Å². The Bertz CT molecular complexity index is 3140. The molecule has 5 heteroatoms. The van der Waals surface area contributed by atoms with E-state index in [1.54, 1.807) is 0 Å². The molecule has 0 unspecified atom stereocenters. The molecule has 54 heavy (non-hydrogen) atoms. The minimum atomic E-state index is 0.597. The number of fused-ring (bicyclic) bond motifs is 7. The van der Waals surface area contributed by atoms with E-state index in [0.717, 1.165) is 71.7 Å². The van der Waals surface area contributed by atoms with Crippen LogP contribution in [0.5, 0.6) is 0 Å². The molecular weight excluding hydrogens is 661 g/mol. The van der Waals surface area contributed by atoms with Gasteiger partial charge in [0.05, 0.1) is 11.0 Å². The van der Waals surface area contributed by atoms with Crippen LogP contribution in [0.1, 0.15) is 0 Å². The molecule has 3 aromatic heterocycles. The predicted octanol–water partition coefficient (Wildman–Crippen LogP) is 12.7. The number of furan rings is 1. The van der Waals surface area contributed by atoms with Crippen LogP contribution in [-0.2, 0) is 0 Å². The van der Waals surface area contributed by atoms with Gasteiger partial charge >= 0.3 is 0 Å². The van der Waals surface area contributed by atoms with E-state index in [9.17, 15) is 0 Å². The number of nitrogens with zero attached hydrogens (tertiary/aromatic N) is 4. The second-order valence-electron chi connectivity index (χ2n) is 13.6. The van der Waals surface area contributed by atoms with E-state index in [1.165, 1.54) is 16.3 Å². The van der Waals surface area contributed by atoms with Gasteiger partial charge in [-0.3, -0.25) is 0 Å². The van der Waals surface area contributed by atoms with Crippen molar-refractivity contribution in [3.05, 3.63) is 182 Å². The quantitative estimate of drug-likeness (QED) is 0.180. The second-order valence-corrected chi connectivity index (χ2v) is 13.6. The molecule has 8 aromatic carbocycles. The number of para-hydroxylation sites is 2. The van der Waals surface area contributed by atoms with Gasteiger partial charge in [0.1, 0.15) is 11.2 Å². The summed E-state index contributed by atoms with van der Waals surface area (Å²) in [4.78, 5) is 15.2. The van der Waals surface area contributed by atoms with Gasteiger partial charge in [-0.05, 0) is 52.7 Å². The fourth-order valence-electron chi connectivity index (χ4n) is 8.01. The number of hydrogen-bond donors (Lipinski definition) is 0. The Morgan fingerprint density at radius 3 is 1.76 bits per heavy atom. The molecule has 0 atom stereocenters. The van der Waals surface area contributed by atoms with Crippen molar-refractivity contribution in [2.24, 2.45) is 0 Å². The highest BCUT2D eigenvalue weighted by Gasteiger charge is 2.22. The molecule has 0 amide bonds. The van der Waals surface area contributed by atoms with Crippen LogP contribution < -0.4 is 0 Å². The topological polar surface area (TPSA) is 56.7 Å².